The van der Waals surface area contributed by atoms with E-state index in [2.05, 4.69) is 31.0 Å². The number of carbonyl (C=O) groups excluding carboxylic acids is 1. The molecule has 0 saturated heterocycles. The Hall–Kier alpha value is -2.90. The second kappa shape index (κ2) is 11.0. The van der Waals surface area contributed by atoms with E-state index >= 15 is 0 Å². The van der Waals surface area contributed by atoms with Crippen LogP contribution in [0.15, 0.2) is 74.5 Å². The van der Waals surface area contributed by atoms with Crippen LogP contribution in [0.1, 0.15) is 63.3 Å². The Morgan fingerprint density at radius 2 is 1.78 bits per heavy atom. The molecule has 36 heavy (non-hydrogen) atoms. The minimum atomic E-state index is -0.595. The Bertz CT molecular complexity index is 1460. The zero-order valence-electron chi connectivity index (χ0n) is 21.6. The molecule has 1 unspecified atom stereocenters. The van der Waals surface area contributed by atoms with Crippen molar-refractivity contribution in [2.75, 3.05) is 12.9 Å². The fraction of sp³-hybridized carbons (Fsp3) is 0.345. The number of fused-ring (bicyclic) bond motifs is 1. The SMILES string of the molecule is CSc1ccc(C2C(C(=O)OCC(C)C)=C(C)N=c3sc(=Cc4ccc(C(C)C)cc4)c(=O)n32)cc1. The number of carbonyl (C=O) groups is 1. The lowest BCUT2D eigenvalue weighted by Gasteiger charge is -2.25. The van der Waals surface area contributed by atoms with Crippen LogP contribution in [0.25, 0.3) is 6.08 Å². The first kappa shape index (κ1) is 26.2. The molecule has 0 radical (unpaired) electrons. The Labute approximate surface area is 220 Å². The lowest BCUT2D eigenvalue weighted by molar-refractivity contribution is -0.140. The van der Waals surface area contributed by atoms with Crippen LogP contribution in [0.4, 0.5) is 0 Å². The van der Waals surface area contributed by atoms with Gasteiger partial charge in [0.15, 0.2) is 4.80 Å². The quantitative estimate of drug-likeness (QED) is 0.314. The molecule has 188 valence electrons. The van der Waals surface area contributed by atoms with Crippen LogP contribution >= 0.6 is 23.1 Å². The van der Waals surface area contributed by atoms with Crippen molar-refractivity contribution < 1.29 is 9.53 Å². The topological polar surface area (TPSA) is 60.7 Å². The van der Waals surface area contributed by atoms with E-state index in [0.29, 0.717) is 33.1 Å². The Kier molecular flexibility index (Phi) is 8.00. The summed E-state index contributed by atoms with van der Waals surface area (Å²) in [6.45, 7) is 10.4. The molecule has 0 bridgehead atoms. The minimum Gasteiger partial charge on any atom is -0.462 e. The summed E-state index contributed by atoms with van der Waals surface area (Å²) in [7, 11) is 0. The minimum absolute atomic E-state index is 0.160. The molecular formula is C29H32N2O3S2. The Morgan fingerprint density at radius 1 is 1.11 bits per heavy atom. The van der Waals surface area contributed by atoms with Crippen molar-refractivity contribution in [3.05, 3.63) is 96.2 Å². The molecule has 5 nitrogen and oxygen atoms in total. The molecule has 1 atom stereocenters. The molecule has 2 heterocycles. The van der Waals surface area contributed by atoms with Gasteiger partial charge in [0.2, 0.25) is 0 Å². The normalized spacial score (nSPS) is 15.9. The highest BCUT2D eigenvalue weighted by atomic mass is 32.2. The first-order chi connectivity index (χ1) is 17.2. The molecule has 0 saturated carbocycles. The number of hydrogen-bond donors (Lipinski definition) is 0. The Morgan fingerprint density at radius 3 is 2.36 bits per heavy atom. The van der Waals surface area contributed by atoms with Crippen molar-refractivity contribution in [3.8, 4) is 0 Å². The molecule has 4 rings (SSSR count). The fourth-order valence-corrected chi connectivity index (χ4v) is 5.59. The maximum atomic E-state index is 13.7. The van der Waals surface area contributed by atoms with E-state index in [1.807, 2.05) is 69.5 Å². The number of nitrogens with zero attached hydrogens (tertiary/aromatic N) is 2. The van der Waals surface area contributed by atoms with E-state index in [-0.39, 0.29) is 11.5 Å². The van der Waals surface area contributed by atoms with Gasteiger partial charge >= 0.3 is 5.97 Å². The van der Waals surface area contributed by atoms with Crippen molar-refractivity contribution >= 4 is 35.1 Å². The van der Waals surface area contributed by atoms with Crippen LogP contribution in [0.2, 0.25) is 0 Å². The van der Waals surface area contributed by atoms with Gasteiger partial charge in [0.1, 0.15) is 0 Å². The lowest BCUT2D eigenvalue weighted by Crippen LogP contribution is -2.40. The molecule has 0 aliphatic carbocycles. The zero-order valence-corrected chi connectivity index (χ0v) is 23.2. The molecule has 3 aromatic rings. The zero-order chi connectivity index (χ0) is 26.0. The maximum absolute atomic E-state index is 13.7. The van der Waals surface area contributed by atoms with E-state index in [1.165, 1.54) is 16.9 Å². The summed E-state index contributed by atoms with van der Waals surface area (Å²) in [6, 6.07) is 15.6. The molecular weight excluding hydrogens is 488 g/mol. The summed E-state index contributed by atoms with van der Waals surface area (Å²) in [5, 5.41) is 0. The molecule has 1 aliphatic heterocycles. The van der Waals surface area contributed by atoms with E-state index in [1.54, 1.807) is 16.3 Å². The largest absolute Gasteiger partial charge is 0.462 e. The van der Waals surface area contributed by atoms with Crippen molar-refractivity contribution in [1.29, 1.82) is 0 Å². The van der Waals surface area contributed by atoms with Gasteiger partial charge in [-0.05, 0) is 59.9 Å². The fourth-order valence-electron chi connectivity index (χ4n) is 4.13. The summed E-state index contributed by atoms with van der Waals surface area (Å²) in [5.41, 5.74) is 3.89. The number of aromatic nitrogens is 1. The van der Waals surface area contributed by atoms with Gasteiger partial charge in [-0.25, -0.2) is 9.79 Å². The van der Waals surface area contributed by atoms with E-state index in [0.717, 1.165) is 16.0 Å². The van der Waals surface area contributed by atoms with Crippen LogP contribution < -0.4 is 14.9 Å². The van der Waals surface area contributed by atoms with Gasteiger partial charge in [0.05, 0.1) is 28.5 Å². The van der Waals surface area contributed by atoms with Gasteiger partial charge in [-0.3, -0.25) is 9.36 Å². The standard InChI is InChI=1S/C29H32N2O3S2/c1-17(2)16-34-28(33)25-19(5)30-29-31(26(25)22-11-13-23(35-6)14-12-22)27(32)24(36-29)15-20-7-9-21(10-8-20)18(3)4/h7-15,17-18,26H,16H2,1-6H3. The summed E-state index contributed by atoms with van der Waals surface area (Å²) in [5.74, 6) is 0.221. The van der Waals surface area contributed by atoms with Gasteiger partial charge in [-0.1, -0.05) is 75.4 Å². The lowest BCUT2D eigenvalue weighted by atomic mass is 9.96. The predicted octanol–water partition coefficient (Wildman–Crippen LogP) is 5.28. The van der Waals surface area contributed by atoms with E-state index < -0.39 is 12.0 Å². The predicted molar refractivity (Wildman–Crippen MR) is 148 cm³/mol. The van der Waals surface area contributed by atoms with Gasteiger partial charge in [-0.2, -0.15) is 0 Å². The number of ether oxygens (including phenoxy) is 1. The van der Waals surface area contributed by atoms with Gasteiger partial charge in [-0.15, -0.1) is 11.8 Å². The summed E-state index contributed by atoms with van der Waals surface area (Å²) in [6.07, 6.45) is 3.92. The van der Waals surface area contributed by atoms with Crippen LogP contribution in [0.5, 0.6) is 0 Å². The first-order valence-corrected chi connectivity index (χ1v) is 14.2. The van der Waals surface area contributed by atoms with Crippen molar-refractivity contribution in [3.63, 3.8) is 0 Å². The molecule has 0 N–H and O–H groups in total. The van der Waals surface area contributed by atoms with Crippen LogP contribution in [0.3, 0.4) is 0 Å². The van der Waals surface area contributed by atoms with Gasteiger partial charge in [0.25, 0.3) is 5.56 Å². The van der Waals surface area contributed by atoms with Crippen molar-refractivity contribution in [2.24, 2.45) is 10.9 Å². The maximum Gasteiger partial charge on any atom is 0.338 e. The van der Waals surface area contributed by atoms with E-state index in [4.69, 9.17) is 4.74 Å². The third-order valence-electron chi connectivity index (χ3n) is 6.12. The Balaban J connectivity index is 1.86. The van der Waals surface area contributed by atoms with Gasteiger partial charge in [0, 0.05) is 4.90 Å². The molecule has 1 aliphatic rings. The average molecular weight is 521 g/mol. The van der Waals surface area contributed by atoms with Crippen LogP contribution in [-0.2, 0) is 9.53 Å². The average Bonchev–Trinajstić information content (AvgIpc) is 3.16. The third kappa shape index (κ3) is 5.42. The van der Waals surface area contributed by atoms with Gasteiger partial charge < -0.3 is 4.74 Å². The number of benzene rings is 2. The molecule has 0 fully saturated rings. The van der Waals surface area contributed by atoms with E-state index in [9.17, 15) is 9.59 Å². The highest BCUT2D eigenvalue weighted by molar-refractivity contribution is 7.98. The first-order valence-electron chi connectivity index (χ1n) is 12.1. The number of rotatable bonds is 7. The monoisotopic (exact) mass is 520 g/mol. The molecule has 0 amide bonds. The highest BCUT2D eigenvalue weighted by Gasteiger charge is 2.33. The third-order valence-corrected chi connectivity index (χ3v) is 7.85. The summed E-state index contributed by atoms with van der Waals surface area (Å²) in [4.78, 5) is 33.4. The highest BCUT2D eigenvalue weighted by Crippen LogP contribution is 2.31. The number of esters is 1. The van der Waals surface area contributed by atoms with Crippen molar-refractivity contribution in [1.82, 2.24) is 4.57 Å². The number of thiazole rings is 1. The molecule has 7 heteroatoms. The summed E-state index contributed by atoms with van der Waals surface area (Å²) < 4.78 is 7.85. The number of hydrogen-bond acceptors (Lipinski definition) is 6. The number of allylic oxidation sites excluding steroid dienone is 1. The van der Waals surface area contributed by atoms with Crippen LogP contribution in [-0.4, -0.2) is 23.4 Å². The smallest absolute Gasteiger partial charge is 0.338 e. The molecule has 2 aromatic carbocycles. The number of thioether (sulfide) groups is 1. The van der Waals surface area contributed by atoms with Crippen LogP contribution in [0, 0.1) is 5.92 Å². The second-order valence-corrected chi connectivity index (χ2v) is 11.6. The summed E-state index contributed by atoms with van der Waals surface area (Å²) >= 11 is 2.99. The van der Waals surface area contributed by atoms with Crippen molar-refractivity contribution in [2.45, 2.75) is 51.5 Å². The molecule has 0 spiro atoms. The second-order valence-electron chi connectivity index (χ2n) is 9.67. The molecule has 1 aromatic heterocycles.